The van der Waals surface area contributed by atoms with Crippen molar-refractivity contribution >= 4 is 17.5 Å². The molecule has 0 fully saturated rings. The molecule has 0 aromatic carbocycles. The molecular formula is C19H21N7O. The zero-order chi connectivity index (χ0) is 19.2. The standard InChI is InChI=1S/C19H21N7O/c1-12-4-6-16(14(3)22-12)27-9-8-21-19-15(11-20)5-7-17(24-19)23-18-10-13(2)25-26-18/h4-7,10H,8-9H2,1-3H3,(H3,21,23,24,25,26). The molecule has 0 saturated carbocycles. The molecule has 0 spiro atoms. The highest BCUT2D eigenvalue weighted by atomic mass is 16.5. The Bertz CT molecular complexity index is 974. The lowest BCUT2D eigenvalue weighted by Crippen LogP contribution is -2.14. The molecule has 0 radical (unpaired) electrons. The molecule has 0 aliphatic heterocycles. The van der Waals surface area contributed by atoms with E-state index in [1.165, 1.54) is 0 Å². The second kappa shape index (κ2) is 8.19. The lowest BCUT2D eigenvalue weighted by Gasteiger charge is -2.12. The number of hydrogen-bond donors (Lipinski definition) is 3. The Hall–Kier alpha value is -3.60. The number of ether oxygens (including phenoxy) is 1. The van der Waals surface area contributed by atoms with Gasteiger partial charge in [-0.15, -0.1) is 0 Å². The van der Waals surface area contributed by atoms with E-state index in [2.05, 4.69) is 36.9 Å². The van der Waals surface area contributed by atoms with Crippen LogP contribution in [0.3, 0.4) is 0 Å². The van der Waals surface area contributed by atoms with Crippen LogP contribution in [-0.4, -0.2) is 33.3 Å². The third-order valence-corrected chi connectivity index (χ3v) is 3.81. The molecule has 0 aliphatic rings. The van der Waals surface area contributed by atoms with E-state index in [0.717, 1.165) is 22.8 Å². The van der Waals surface area contributed by atoms with Crippen LogP contribution >= 0.6 is 0 Å². The summed E-state index contributed by atoms with van der Waals surface area (Å²) < 4.78 is 5.75. The van der Waals surface area contributed by atoms with Crippen molar-refractivity contribution in [2.75, 3.05) is 23.8 Å². The molecule has 0 atom stereocenters. The number of aryl methyl sites for hydroxylation is 3. The van der Waals surface area contributed by atoms with Gasteiger partial charge in [-0.25, -0.2) is 4.98 Å². The molecule has 138 valence electrons. The fraction of sp³-hybridized carbons (Fsp3) is 0.263. The highest BCUT2D eigenvalue weighted by Gasteiger charge is 2.07. The maximum atomic E-state index is 9.29. The number of nitriles is 1. The van der Waals surface area contributed by atoms with Crippen LogP contribution in [0.1, 0.15) is 22.6 Å². The Morgan fingerprint density at radius 3 is 2.67 bits per heavy atom. The molecule has 3 aromatic heterocycles. The molecule has 3 rings (SSSR count). The van der Waals surface area contributed by atoms with Gasteiger partial charge in [0.25, 0.3) is 0 Å². The molecule has 3 heterocycles. The average molecular weight is 363 g/mol. The molecular weight excluding hydrogens is 342 g/mol. The minimum atomic E-state index is 0.425. The molecule has 3 N–H and O–H groups in total. The topological polar surface area (TPSA) is 112 Å². The van der Waals surface area contributed by atoms with Gasteiger partial charge < -0.3 is 15.4 Å². The van der Waals surface area contributed by atoms with Crippen LogP contribution < -0.4 is 15.4 Å². The minimum Gasteiger partial charge on any atom is -0.490 e. The molecule has 0 saturated heterocycles. The highest BCUT2D eigenvalue weighted by molar-refractivity contribution is 5.60. The van der Waals surface area contributed by atoms with Crippen molar-refractivity contribution in [2.45, 2.75) is 20.8 Å². The summed E-state index contributed by atoms with van der Waals surface area (Å²) in [4.78, 5) is 8.83. The predicted molar refractivity (Wildman–Crippen MR) is 103 cm³/mol. The summed E-state index contributed by atoms with van der Waals surface area (Å²) >= 11 is 0. The van der Waals surface area contributed by atoms with Gasteiger partial charge in [0, 0.05) is 17.5 Å². The number of anilines is 3. The molecule has 8 nitrogen and oxygen atoms in total. The van der Waals surface area contributed by atoms with Crippen molar-refractivity contribution in [2.24, 2.45) is 0 Å². The molecule has 0 amide bonds. The van der Waals surface area contributed by atoms with E-state index in [0.29, 0.717) is 36.2 Å². The maximum Gasteiger partial charge on any atom is 0.153 e. The van der Waals surface area contributed by atoms with E-state index in [1.807, 2.05) is 39.0 Å². The van der Waals surface area contributed by atoms with Crippen LogP contribution in [0.4, 0.5) is 17.5 Å². The first-order valence-electron chi connectivity index (χ1n) is 8.56. The van der Waals surface area contributed by atoms with Gasteiger partial charge in [-0.3, -0.25) is 10.1 Å². The fourth-order valence-corrected chi connectivity index (χ4v) is 2.52. The molecule has 0 unspecified atom stereocenters. The van der Waals surface area contributed by atoms with Gasteiger partial charge in [0.15, 0.2) is 5.82 Å². The van der Waals surface area contributed by atoms with E-state index in [-0.39, 0.29) is 0 Å². The van der Waals surface area contributed by atoms with Gasteiger partial charge >= 0.3 is 0 Å². The van der Waals surface area contributed by atoms with Crippen LogP contribution in [0.2, 0.25) is 0 Å². The van der Waals surface area contributed by atoms with Gasteiger partial charge in [0.05, 0.1) is 17.8 Å². The number of aromatic amines is 1. The second-order valence-corrected chi connectivity index (χ2v) is 6.08. The number of nitrogens with zero attached hydrogens (tertiary/aromatic N) is 4. The number of aromatic nitrogens is 4. The van der Waals surface area contributed by atoms with E-state index >= 15 is 0 Å². The van der Waals surface area contributed by atoms with E-state index < -0.39 is 0 Å². The van der Waals surface area contributed by atoms with Crippen LogP contribution in [0, 0.1) is 32.1 Å². The normalized spacial score (nSPS) is 10.3. The smallest absolute Gasteiger partial charge is 0.153 e. The Morgan fingerprint density at radius 2 is 1.96 bits per heavy atom. The summed E-state index contributed by atoms with van der Waals surface area (Å²) in [5.74, 6) is 2.51. The molecule has 8 heteroatoms. The van der Waals surface area contributed by atoms with Gasteiger partial charge in [0.2, 0.25) is 0 Å². The summed E-state index contributed by atoms with van der Waals surface area (Å²) in [6.07, 6.45) is 0. The SMILES string of the molecule is Cc1ccc(OCCNc2nc(Nc3cc(C)[nH]n3)ccc2C#N)c(C)n1. The van der Waals surface area contributed by atoms with Crippen LogP contribution in [0.5, 0.6) is 5.75 Å². The van der Waals surface area contributed by atoms with Crippen molar-refractivity contribution in [3.63, 3.8) is 0 Å². The lowest BCUT2D eigenvalue weighted by molar-refractivity contribution is 0.328. The Morgan fingerprint density at radius 1 is 1.11 bits per heavy atom. The Kier molecular flexibility index (Phi) is 5.52. The van der Waals surface area contributed by atoms with Crippen molar-refractivity contribution in [1.29, 1.82) is 5.26 Å². The third kappa shape index (κ3) is 4.73. The number of H-pyrrole nitrogens is 1. The lowest BCUT2D eigenvalue weighted by atomic mass is 10.2. The first-order valence-corrected chi connectivity index (χ1v) is 8.56. The van der Waals surface area contributed by atoms with Gasteiger partial charge in [-0.2, -0.15) is 10.4 Å². The van der Waals surface area contributed by atoms with E-state index in [4.69, 9.17) is 4.74 Å². The summed E-state index contributed by atoms with van der Waals surface area (Å²) in [5.41, 5.74) is 3.22. The van der Waals surface area contributed by atoms with Gasteiger partial charge in [-0.1, -0.05) is 0 Å². The predicted octanol–water partition coefficient (Wildman–Crippen LogP) is 3.23. The largest absolute Gasteiger partial charge is 0.490 e. The molecule has 0 aliphatic carbocycles. The average Bonchev–Trinajstić information content (AvgIpc) is 3.05. The minimum absolute atomic E-state index is 0.425. The van der Waals surface area contributed by atoms with Crippen molar-refractivity contribution < 1.29 is 4.74 Å². The first kappa shape index (κ1) is 18.2. The number of hydrogen-bond acceptors (Lipinski definition) is 7. The van der Waals surface area contributed by atoms with Crippen LogP contribution in [0.15, 0.2) is 30.3 Å². The molecule has 27 heavy (non-hydrogen) atoms. The zero-order valence-electron chi connectivity index (χ0n) is 15.5. The second-order valence-electron chi connectivity index (χ2n) is 6.08. The first-order chi connectivity index (χ1) is 13.0. The Balaban J connectivity index is 1.61. The number of rotatable bonds is 7. The quantitative estimate of drug-likeness (QED) is 0.553. The van der Waals surface area contributed by atoms with Gasteiger partial charge in [-0.05, 0) is 45.0 Å². The monoisotopic (exact) mass is 363 g/mol. The van der Waals surface area contributed by atoms with Gasteiger partial charge in [0.1, 0.15) is 30.1 Å². The van der Waals surface area contributed by atoms with Crippen LogP contribution in [-0.2, 0) is 0 Å². The summed E-state index contributed by atoms with van der Waals surface area (Å²) in [7, 11) is 0. The van der Waals surface area contributed by atoms with Crippen molar-refractivity contribution in [3.05, 3.63) is 53.0 Å². The third-order valence-electron chi connectivity index (χ3n) is 3.81. The van der Waals surface area contributed by atoms with E-state index in [9.17, 15) is 5.26 Å². The molecule has 3 aromatic rings. The Labute approximate surface area is 157 Å². The summed E-state index contributed by atoms with van der Waals surface area (Å²) in [6, 6.07) is 11.3. The van der Waals surface area contributed by atoms with E-state index in [1.54, 1.807) is 12.1 Å². The maximum absolute atomic E-state index is 9.29. The molecule has 0 bridgehead atoms. The highest BCUT2D eigenvalue weighted by Crippen LogP contribution is 2.19. The summed E-state index contributed by atoms with van der Waals surface area (Å²) in [5, 5.41) is 22.5. The van der Waals surface area contributed by atoms with Crippen molar-refractivity contribution in [1.82, 2.24) is 20.2 Å². The van der Waals surface area contributed by atoms with Crippen LogP contribution in [0.25, 0.3) is 0 Å². The zero-order valence-corrected chi connectivity index (χ0v) is 15.5. The number of pyridine rings is 2. The summed E-state index contributed by atoms with van der Waals surface area (Å²) in [6.45, 7) is 6.70. The number of nitrogens with one attached hydrogen (secondary N) is 3. The van der Waals surface area contributed by atoms with Crippen molar-refractivity contribution in [3.8, 4) is 11.8 Å². The fourth-order valence-electron chi connectivity index (χ4n) is 2.52.